The van der Waals surface area contributed by atoms with Crippen molar-refractivity contribution in [3.8, 4) is 0 Å². The highest BCUT2D eigenvalue weighted by Crippen LogP contribution is 2.32. The summed E-state index contributed by atoms with van der Waals surface area (Å²) in [5, 5.41) is 0. The lowest BCUT2D eigenvalue weighted by molar-refractivity contribution is -0.133. The lowest BCUT2D eigenvalue weighted by Gasteiger charge is -2.33. The molecule has 0 saturated heterocycles. The molecule has 0 spiro atoms. The molecule has 1 saturated carbocycles. The highest BCUT2D eigenvalue weighted by atomic mass is 16.5. The van der Waals surface area contributed by atoms with E-state index in [0.717, 1.165) is 17.6 Å². The van der Waals surface area contributed by atoms with Crippen LogP contribution in [-0.2, 0) is 16.1 Å². The standard InChI is InChI=1S/C17H22O2/c1-12(2)15-9-16(18)13(3)17(10-15)19-11-14-7-5-4-6-8-14/h4-8,13,15,17H,1,9-11H2,2-3H3/t13-,15-,17?/m0/s1. The number of ether oxygens (including phenoxy) is 1. The molecule has 102 valence electrons. The average Bonchev–Trinajstić information content (AvgIpc) is 2.41. The molecule has 1 fully saturated rings. The second-order valence-corrected chi connectivity index (χ2v) is 5.57. The Labute approximate surface area is 115 Å². The second kappa shape index (κ2) is 6.16. The number of carbonyl (C=O) groups excluding carboxylic acids is 1. The number of hydrogen-bond acceptors (Lipinski definition) is 2. The topological polar surface area (TPSA) is 26.3 Å². The van der Waals surface area contributed by atoms with Gasteiger partial charge in [0.1, 0.15) is 5.78 Å². The quantitative estimate of drug-likeness (QED) is 0.769. The summed E-state index contributed by atoms with van der Waals surface area (Å²) < 4.78 is 5.97. The fourth-order valence-corrected chi connectivity index (χ4v) is 2.57. The summed E-state index contributed by atoms with van der Waals surface area (Å²) in [7, 11) is 0. The third kappa shape index (κ3) is 3.54. The Hall–Kier alpha value is -1.41. The molecule has 1 aliphatic rings. The van der Waals surface area contributed by atoms with Crippen LogP contribution < -0.4 is 0 Å². The molecule has 1 aromatic rings. The SMILES string of the molecule is C=C(C)[C@H]1CC(=O)[C@H](C)C(OCc2ccccc2)C1. The molecular formula is C17H22O2. The van der Waals surface area contributed by atoms with Crippen molar-refractivity contribution < 1.29 is 9.53 Å². The van der Waals surface area contributed by atoms with E-state index in [1.807, 2.05) is 44.2 Å². The summed E-state index contributed by atoms with van der Waals surface area (Å²) in [5.41, 5.74) is 2.24. The van der Waals surface area contributed by atoms with Crippen LogP contribution in [-0.4, -0.2) is 11.9 Å². The summed E-state index contributed by atoms with van der Waals surface area (Å²) in [6.45, 7) is 8.54. The Bertz CT molecular complexity index is 450. The Kier molecular flexibility index (Phi) is 4.54. The third-order valence-electron chi connectivity index (χ3n) is 4.03. The highest BCUT2D eigenvalue weighted by molar-refractivity contribution is 5.82. The minimum absolute atomic E-state index is 0.000637. The van der Waals surface area contributed by atoms with Crippen LogP contribution in [0.2, 0.25) is 0 Å². The largest absolute Gasteiger partial charge is 0.373 e. The van der Waals surface area contributed by atoms with Crippen LogP contribution in [0.5, 0.6) is 0 Å². The van der Waals surface area contributed by atoms with Crippen molar-refractivity contribution in [3.05, 3.63) is 48.0 Å². The summed E-state index contributed by atoms with van der Waals surface area (Å²) in [6.07, 6.45) is 1.56. The first-order valence-corrected chi connectivity index (χ1v) is 6.91. The first kappa shape index (κ1) is 14.0. The van der Waals surface area contributed by atoms with Gasteiger partial charge in [0, 0.05) is 12.3 Å². The van der Waals surface area contributed by atoms with Gasteiger partial charge in [-0.05, 0) is 24.8 Å². The van der Waals surface area contributed by atoms with E-state index in [1.165, 1.54) is 0 Å². The molecule has 0 bridgehead atoms. The Morgan fingerprint density at radius 1 is 1.37 bits per heavy atom. The fourth-order valence-electron chi connectivity index (χ4n) is 2.57. The van der Waals surface area contributed by atoms with E-state index < -0.39 is 0 Å². The zero-order valence-corrected chi connectivity index (χ0v) is 11.8. The van der Waals surface area contributed by atoms with E-state index in [-0.39, 0.29) is 17.9 Å². The summed E-state index contributed by atoms with van der Waals surface area (Å²) in [5.74, 6) is 0.584. The first-order valence-electron chi connectivity index (χ1n) is 6.91. The predicted molar refractivity (Wildman–Crippen MR) is 76.7 cm³/mol. The third-order valence-corrected chi connectivity index (χ3v) is 4.03. The molecule has 2 rings (SSSR count). The van der Waals surface area contributed by atoms with Crippen molar-refractivity contribution in [3.63, 3.8) is 0 Å². The molecule has 19 heavy (non-hydrogen) atoms. The van der Waals surface area contributed by atoms with Gasteiger partial charge in [-0.3, -0.25) is 4.79 Å². The number of benzene rings is 1. The van der Waals surface area contributed by atoms with Crippen molar-refractivity contribution in [1.29, 1.82) is 0 Å². The molecule has 0 heterocycles. The highest BCUT2D eigenvalue weighted by Gasteiger charge is 2.34. The number of rotatable bonds is 4. The molecule has 3 atom stereocenters. The summed E-state index contributed by atoms with van der Waals surface area (Å²) >= 11 is 0. The maximum atomic E-state index is 12.0. The van der Waals surface area contributed by atoms with Gasteiger partial charge in [0.05, 0.1) is 12.7 Å². The van der Waals surface area contributed by atoms with E-state index in [9.17, 15) is 4.79 Å². The Balaban J connectivity index is 1.97. The van der Waals surface area contributed by atoms with E-state index in [2.05, 4.69) is 6.58 Å². The van der Waals surface area contributed by atoms with Crippen molar-refractivity contribution in [2.24, 2.45) is 11.8 Å². The average molecular weight is 258 g/mol. The molecular weight excluding hydrogens is 236 g/mol. The maximum absolute atomic E-state index is 12.0. The van der Waals surface area contributed by atoms with Crippen LogP contribution in [0, 0.1) is 11.8 Å². The minimum Gasteiger partial charge on any atom is -0.373 e. The zero-order valence-electron chi connectivity index (χ0n) is 11.8. The number of carbonyl (C=O) groups is 1. The molecule has 0 radical (unpaired) electrons. The van der Waals surface area contributed by atoms with Gasteiger partial charge >= 0.3 is 0 Å². The molecule has 2 nitrogen and oxygen atoms in total. The minimum atomic E-state index is -0.000637. The van der Waals surface area contributed by atoms with Crippen molar-refractivity contribution >= 4 is 5.78 Å². The van der Waals surface area contributed by atoms with Crippen LogP contribution in [0.4, 0.5) is 0 Å². The maximum Gasteiger partial charge on any atom is 0.138 e. The smallest absolute Gasteiger partial charge is 0.138 e. The van der Waals surface area contributed by atoms with Gasteiger partial charge in [0.2, 0.25) is 0 Å². The van der Waals surface area contributed by atoms with E-state index in [1.54, 1.807) is 0 Å². The fraction of sp³-hybridized carbons (Fsp3) is 0.471. The molecule has 2 heteroatoms. The van der Waals surface area contributed by atoms with E-state index in [4.69, 9.17) is 4.74 Å². The zero-order chi connectivity index (χ0) is 13.8. The van der Waals surface area contributed by atoms with Gasteiger partial charge in [-0.25, -0.2) is 0 Å². The van der Waals surface area contributed by atoms with Gasteiger partial charge in [0.15, 0.2) is 0 Å². The molecule has 0 amide bonds. The number of hydrogen-bond donors (Lipinski definition) is 0. The van der Waals surface area contributed by atoms with E-state index in [0.29, 0.717) is 18.8 Å². The van der Waals surface area contributed by atoms with Crippen molar-refractivity contribution in [2.45, 2.75) is 39.4 Å². The molecule has 0 N–H and O–H groups in total. The van der Waals surface area contributed by atoms with Gasteiger partial charge in [-0.1, -0.05) is 49.4 Å². The molecule has 1 unspecified atom stereocenters. The van der Waals surface area contributed by atoms with Crippen LogP contribution in [0.25, 0.3) is 0 Å². The number of Topliss-reactive ketones (excluding diaryl/α,β-unsaturated/α-hetero) is 1. The second-order valence-electron chi connectivity index (χ2n) is 5.57. The van der Waals surface area contributed by atoms with Crippen molar-refractivity contribution in [2.75, 3.05) is 0 Å². The first-order chi connectivity index (χ1) is 9.08. The molecule has 1 aliphatic carbocycles. The number of allylic oxidation sites excluding steroid dienone is 1. The lowest BCUT2D eigenvalue weighted by atomic mass is 9.77. The van der Waals surface area contributed by atoms with Crippen molar-refractivity contribution in [1.82, 2.24) is 0 Å². The Morgan fingerprint density at radius 2 is 2.05 bits per heavy atom. The summed E-state index contributed by atoms with van der Waals surface area (Å²) in [4.78, 5) is 12.0. The van der Waals surface area contributed by atoms with Crippen LogP contribution in [0.1, 0.15) is 32.3 Å². The monoisotopic (exact) mass is 258 g/mol. The molecule has 1 aromatic carbocycles. The summed E-state index contributed by atoms with van der Waals surface area (Å²) in [6, 6.07) is 10.1. The van der Waals surface area contributed by atoms with E-state index >= 15 is 0 Å². The molecule has 0 aliphatic heterocycles. The van der Waals surface area contributed by atoms with Crippen LogP contribution in [0.3, 0.4) is 0 Å². The van der Waals surface area contributed by atoms with Gasteiger partial charge in [0.25, 0.3) is 0 Å². The number of ketones is 1. The van der Waals surface area contributed by atoms with Crippen LogP contribution in [0.15, 0.2) is 42.5 Å². The van der Waals surface area contributed by atoms with Gasteiger partial charge in [-0.2, -0.15) is 0 Å². The van der Waals surface area contributed by atoms with Gasteiger partial charge < -0.3 is 4.74 Å². The Morgan fingerprint density at radius 3 is 2.68 bits per heavy atom. The molecule has 0 aromatic heterocycles. The van der Waals surface area contributed by atoms with Gasteiger partial charge in [-0.15, -0.1) is 0 Å². The normalized spacial score (nSPS) is 27.3. The van der Waals surface area contributed by atoms with Crippen LogP contribution >= 0.6 is 0 Å². The predicted octanol–water partition coefficient (Wildman–Crippen LogP) is 3.76. The lowest BCUT2D eigenvalue weighted by Crippen LogP contribution is -2.37.